The van der Waals surface area contributed by atoms with Crippen LogP contribution >= 0.6 is 0 Å². The molecule has 0 N–H and O–H groups in total. The average molecular weight is 348 g/mol. The summed E-state index contributed by atoms with van der Waals surface area (Å²) < 4.78 is 1.17. The number of aromatic nitrogens is 1. The highest BCUT2D eigenvalue weighted by molar-refractivity contribution is 6.20. The fourth-order valence-electron chi connectivity index (χ4n) is 2.87. The first-order valence-electron chi connectivity index (χ1n) is 7.83. The molecule has 0 fully saturated rings. The summed E-state index contributed by atoms with van der Waals surface area (Å²) in [6, 6.07) is 14.9. The Hall–Kier alpha value is -3.74. The number of carbonyl (C=O) groups is 3. The molecule has 0 atom stereocenters. The summed E-state index contributed by atoms with van der Waals surface area (Å²) in [4.78, 5) is 53.9. The number of hydroxylamine groups is 2. The lowest BCUT2D eigenvalue weighted by atomic mass is 10.1. The molecule has 2 amide bonds. The van der Waals surface area contributed by atoms with E-state index in [1.165, 1.54) is 22.9 Å². The minimum Gasteiger partial charge on any atom is -0.328 e. The predicted molar refractivity (Wildman–Crippen MR) is 91.2 cm³/mol. The second kappa shape index (κ2) is 5.96. The van der Waals surface area contributed by atoms with Gasteiger partial charge < -0.3 is 9.40 Å². The van der Waals surface area contributed by atoms with Crippen LogP contribution in [0.25, 0.3) is 10.8 Å². The van der Waals surface area contributed by atoms with Crippen molar-refractivity contribution in [2.75, 3.05) is 0 Å². The molecule has 26 heavy (non-hydrogen) atoms. The van der Waals surface area contributed by atoms with Crippen LogP contribution in [0.4, 0.5) is 0 Å². The van der Waals surface area contributed by atoms with E-state index < -0.39 is 24.3 Å². The van der Waals surface area contributed by atoms with Crippen molar-refractivity contribution >= 4 is 28.6 Å². The highest BCUT2D eigenvalue weighted by Crippen LogP contribution is 2.22. The van der Waals surface area contributed by atoms with Crippen molar-refractivity contribution in [3.05, 3.63) is 82.3 Å². The van der Waals surface area contributed by atoms with Crippen molar-refractivity contribution in [2.45, 2.75) is 6.54 Å². The normalized spacial score (nSPS) is 13.2. The number of benzene rings is 2. The lowest BCUT2D eigenvalue weighted by Gasteiger charge is -2.13. The van der Waals surface area contributed by atoms with Crippen LogP contribution < -0.4 is 5.56 Å². The molecule has 1 aliphatic rings. The summed E-state index contributed by atoms with van der Waals surface area (Å²) in [5.74, 6) is -2.30. The summed E-state index contributed by atoms with van der Waals surface area (Å²) in [6.45, 7) is -0.420. The van der Waals surface area contributed by atoms with E-state index in [1.54, 1.807) is 36.4 Å². The molecule has 3 aromatic rings. The maximum Gasteiger partial charge on any atom is 0.352 e. The molecular weight excluding hydrogens is 336 g/mol. The van der Waals surface area contributed by atoms with Crippen molar-refractivity contribution in [3.8, 4) is 0 Å². The van der Waals surface area contributed by atoms with E-state index in [-0.39, 0.29) is 16.7 Å². The Bertz CT molecular complexity index is 1100. The van der Waals surface area contributed by atoms with Crippen molar-refractivity contribution in [1.82, 2.24) is 9.63 Å². The van der Waals surface area contributed by atoms with Crippen LogP contribution in [0.15, 0.2) is 65.6 Å². The van der Waals surface area contributed by atoms with Crippen LogP contribution in [0.3, 0.4) is 0 Å². The minimum atomic E-state index is -0.892. The van der Waals surface area contributed by atoms with Gasteiger partial charge in [-0.1, -0.05) is 35.4 Å². The van der Waals surface area contributed by atoms with E-state index >= 15 is 0 Å². The zero-order valence-corrected chi connectivity index (χ0v) is 13.4. The maximum absolute atomic E-state index is 12.4. The smallest absolute Gasteiger partial charge is 0.328 e. The molecule has 0 unspecified atom stereocenters. The number of pyridine rings is 1. The third-order valence-electron chi connectivity index (χ3n) is 4.14. The van der Waals surface area contributed by atoms with E-state index in [9.17, 15) is 19.2 Å². The largest absolute Gasteiger partial charge is 0.352 e. The van der Waals surface area contributed by atoms with Gasteiger partial charge in [0.25, 0.3) is 17.4 Å². The van der Waals surface area contributed by atoms with Gasteiger partial charge in [0, 0.05) is 11.6 Å². The van der Waals surface area contributed by atoms with Crippen molar-refractivity contribution in [2.24, 2.45) is 0 Å². The van der Waals surface area contributed by atoms with Crippen LogP contribution in [-0.4, -0.2) is 27.4 Å². The summed E-state index contributed by atoms with van der Waals surface area (Å²) in [7, 11) is 0. The number of amides is 2. The summed E-state index contributed by atoms with van der Waals surface area (Å²) in [6.07, 6.45) is 1.47. The summed E-state index contributed by atoms with van der Waals surface area (Å²) in [5, 5.41) is 1.64. The Balaban J connectivity index is 1.56. The zero-order valence-electron chi connectivity index (χ0n) is 13.4. The van der Waals surface area contributed by atoms with Gasteiger partial charge in [-0.2, -0.15) is 0 Å². The van der Waals surface area contributed by atoms with Crippen molar-refractivity contribution < 1.29 is 19.2 Å². The van der Waals surface area contributed by atoms with Gasteiger partial charge in [0.2, 0.25) is 0 Å². The van der Waals surface area contributed by atoms with Crippen molar-refractivity contribution in [1.29, 1.82) is 0 Å². The first kappa shape index (κ1) is 15.8. The number of hydrogen-bond donors (Lipinski definition) is 0. The summed E-state index contributed by atoms with van der Waals surface area (Å²) in [5.41, 5.74) is -0.0104. The van der Waals surface area contributed by atoms with Crippen molar-refractivity contribution in [3.63, 3.8) is 0 Å². The molecule has 0 radical (unpaired) electrons. The Morgan fingerprint density at radius 1 is 0.846 bits per heavy atom. The van der Waals surface area contributed by atoms with Crippen LogP contribution in [0.5, 0.6) is 0 Å². The predicted octanol–water partition coefficient (Wildman–Crippen LogP) is 1.76. The highest BCUT2D eigenvalue weighted by atomic mass is 16.7. The molecule has 4 rings (SSSR count). The topological polar surface area (TPSA) is 85.7 Å². The monoisotopic (exact) mass is 348 g/mol. The third-order valence-corrected chi connectivity index (χ3v) is 4.14. The van der Waals surface area contributed by atoms with Gasteiger partial charge in [0.1, 0.15) is 6.54 Å². The number of imide groups is 1. The van der Waals surface area contributed by atoms with Gasteiger partial charge in [-0.25, -0.2) is 4.79 Å². The van der Waals surface area contributed by atoms with E-state index in [0.29, 0.717) is 10.4 Å². The fraction of sp³-hybridized carbons (Fsp3) is 0.0526. The van der Waals surface area contributed by atoms with Crippen LogP contribution in [0.2, 0.25) is 0 Å². The van der Waals surface area contributed by atoms with E-state index in [1.807, 2.05) is 6.07 Å². The second-order valence-electron chi connectivity index (χ2n) is 5.75. The maximum atomic E-state index is 12.4. The molecular formula is C19H12N2O5. The fourth-order valence-corrected chi connectivity index (χ4v) is 2.87. The lowest BCUT2D eigenvalue weighted by Crippen LogP contribution is -2.35. The van der Waals surface area contributed by atoms with Gasteiger partial charge in [-0.15, -0.1) is 0 Å². The molecule has 0 bridgehead atoms. The Morgan fingerprint density at radius 3 is 2.15 bits per heavy atom. The molecule has 2 heterocycles. The zero-order chi connectivity index (χ0) is 18.3. The number of rotatable bonds is 3. The summed E-state index contributed by atoms with van der Waals surface area (Å²) >= 11 is 0. The molecule has 1 aromatic heterocycles. The first-order chi connectivity index (χ1) is 12.6. The van der Waals surface area contributed by atoms with Crippen LogP contribution in [-0.2, 0) is 16.2 Å². The molecule has 0 saturated carbocycles. The molecule has 1 aliphatic heterocycles. The van der Waals surface area contributed by atoms with Crippen LogP contribution in [0, 0.1) is 0 Å². The van der Waals surface area contributed by atoms with Gasteiger partial charge in [0.05, 0.1) is 11.1 Å². The minimum absolute atomic E-state index is 0.174. The quantitative estimate of drug-likeness (QED) is 0.673. The van der Waals surface area contributed by atoms with E-state index in [2.05, 4.69) is 0 Å². The standard InChI is InChI=1S/C19H12N2O5/c22-16(11-20-10-9-12-5-1-2-6-13(12)17(20)23)26-21-18(24)14-7-3-4-8-15(14)19(21)25/h1-10H,11H2. The third kappa shape index (κ3) is 2.46. The number of nitrogens with zero attached hydrogens (tertiary/aromatic N) is 2. The highest BCUT2D eigenvalue weighted by Gasteiger charge is 2.38. The van der Waals surface area contributed by atoms with E-state index in [0.717, 1.165) is 5.39 Å². The van der Waals surface area contributed by atoms with Gasteiger partial charge in [0.15, 0.2) is 0 Å². The SMILES string of the molecule is O=C(Cn1ccc2ccccc2c1=O)ON1C(=O)c2ccccc2C1=O. The molecule has 128 valence electrons. The van der Waals surface area contributed by atoms with Crippen LogP contribution in [0.1, 0.15) is 20.7 Å². The molecule has 0 aliphatic carbocycles. The molecule has 2 aromatic carbocycles. The molecule has 0 spiro atoms. The Labute approximate surface area is 147 Å². The number of hydrogen-bond acceptors (Lipinski definition) is 5. The number of fused-ring (bicyclic) bond motifs is 2. The molecule has 7 heteroatoms. The Morgan fingerprint density at radius 2 is 1.46 bits per heavy atom. The second-order valence-corrected chi connectivity index (χ2v) is 5.75. The molecule has 7 nitrogen and oxygen atoms in total. The Kier molecular flexibility index (Phi) is 3.62. The van der Waals surface area contributed by atoms with Gasteiger partial charge in [-0.3, -0.25) is 14.4 Å². The van der Waals surface area contributed by atoms with Gasteiger partial charge >= 0.3 is 5.97 Å². The molecule has 0 saturated heterocycles. The van der Waals surface area contributed by atoms with Gasteiger partial charge in [-0.05, 0) is 29.7 Å². The number of carbonyl (C=O) groups excluding carboxylic acids is 3. The first-order valence-corrected chi connectivity index (χ1v) is 7.83. The average Bonchev–Trinajstić information content (AvgIpc) is 2.89. The van der Waals surface area contributed by atoms with E-state index in [4.69, 9.17) is 4.84 Å². The lowest BCUT2D eigenvalue weighted by molar-refractivity contribution is -0.169.